The summed E-state index contributed by atoms with van der Waals surface area (Å²) < 4.78 is 44.0. The minimum Gasteiger partial charge on any atom is -0.497 e. The van der Waals surface area contributed by atoms with E-state index in [0.29, 0.717) is 6.54 Å². The van der Waals surface area contributed by atoms with E-state index in [4.69, 9.17) is 10.1 Å². The van der Waals surface area contributed by atoms with Crippen LogP contribution in [0.5, 0.6) is 5.75 Å². The first-order chi connectivity index (χ1) is 7.36. The van der Waals surface area contributed by atoms with E-state index in [0.717, 1.165) is 11.3 Å². The molecule has 0 spiro atoms. The van der Waals surface area contributed by atoms with Gasteiger partial charge >= 0.3 is 13.8 Å². The highest BCUT2D eigenvalue weighted by Gasteiger charge is 2.20. The number of benzene rings is 1. The predicted molar refractivity (Wildman–Crippen MR) is 52.0 cm³/mol. The van der Waals surface area contributed by atoms with Crippen molar-refractivity contribution in [3.8, 4) is 5.75 Å². The van der Waals surface area contributed by atoms with E-state index in [2.05, 4.69) is 4.98 Å². The Balaban J connectivity index is 0.000000385. The molecule has 16 heavy (non-hydrogen) atoms. The van der Waals surface area contributed by atoms with Gasteiger partial charge in [-0.15, -0.1) is 0 Å². The van der Waals surface area contributed by atoms with Gasteiger partial charge in [0.25, 0.3) is 0 Å². The number of rotatable bonds is 2. The third kappa shape index (κ3) is 8.81. The number of hydrogen-bond donors (Lipinski definition) is 0. The minimum atomic E-state index is -6.00. The van der Waals surface area contributed by atoms with E-state index in [1.54, 1.807) is 7.11 Å². The maximum Gasteiger partial charge on any atom is 0.673 e. The topological polar surface area (TPSA) is 37.4 Å². The fourth-order valence-electron chi connectivity index (χ4n) is 0.813. The van der Waals surface area contributed by atoms with E-state index < -0.39 is 7.25 Å². The average Bonchev–Trinajstić information content (AvgIpc) is 2.17. The molecule has 88 valence electrons. The van der Waals surface area contributed by atoms with Crippen LogP contribution in [0.15, 0.2) is 24.3 Å². The van der Waals surface area contributed by atoms with Crippen molar-refractivity contribution in [1.29, 1.82) is 5.39 Å². The average molecular weight is 236 g/mol. The molecule has 0 aliphatic carbocycles. The highest BCUT2D eigenvalue weighted by atomic mass is 19.5. The number of halogens is 4. The molecular formula is C8H9BF4N2O. The minimum absolute atomic E-state index is 0.337. The second-order valence-electron chi connectivity index (χ2n) is 2.64. The third-order valence-electron chi connectivity index (χ3n) is 1.41. The summed E-state index contributed by atoms with van der Waals surface area (Å²) in [5, 5.41) is 8.24. The molecule has 3 nitrogen and oxygen atoms in total. The molecular weight excluding hydrogens is 227 g/mol. The van der Waals surface area contributed by atoms with Crippen molar-refractivity contribution < 1.29 is 22.0 Å². The van der Waals surface area contributed by atoms with Gasteiger partial charge in [-0.3, -0.25) is 0 Å². The summed E-state index contributed by atoms with van der Waals surface area (Å²) in [6.45, 7) is 0.337. The molecule has 0 saturated heterocycles. The van der Waals surface area contributed by atoms with Crippen LogP contribution < -0.4 is 4.74 Å². The Morgan fingerprint density at radius 2 is 1.62 bits per heavy atom. The summed E-state index contributed by atoms with van der Waals surface area (Å²) in [4.78, 5) is 3.02. The molecule has 0 fully saturated rings. The van der Waals surface area contributed by atoms with Gasteiger partial charge < -0.3 is 22.0 Å². The fourth-order valence-corrected chi connectivity index (χ4v) is 0.813. The summed E-state index contributed by atoms with van der Waals surface area (Å²) in [6.07, 6.45) is 0. The van der Waals surface area contributed by atoms with Crippen LogP contribution in [0.3, 0.4) is 0 Å². The van der Waals surface area contributed by atoms with Crippen LogP contribution in [0.25, 0.3) is 4.98 Å². The first-order valence-corrected chi connectivity index (χ1v) is 4.18. The number of diazo groups is 1. The fraction of sp³-hybridized carbons (Fsp3) is 0.250. The first-order valence-electron chi connectivity index (χ1n) is 4.18. The van der Waals surface area contributed by atoms with Gasteiger partial charge in [0.2, 0.25) is 5.39 Å². The van der Waals surface area contributed by atoms with Crippen LogP contribution in [-0.4, -0.2) is 14.4 Å². The molecule has 0 aromatic heterocycles. The number of hydrogen-bond acceptors (Lipinski definition) is 2. The van der Waals surface area contributed by atoms with Gasteiger partial charge in [-0.25, -0.2) is 0 Å². The number of methoxy groups -OCH3 is 1. The van der Waals surface area contributed by atoms with Crippen molar-refractivity contribution in [3.05, 3.63) is 34.8 Å². The lowest BCUT2D eigenvalue weighted by molar-refractivity contribution is 0.368. The molecule has 0 aliphatic rings. The lowest BCUT2D eigenvalue weighted by Crippen LogP contribution is -2.02. The monoisotopic (exact) mass is 236 g/mol. The van der Waals surface area contributed by atoms with Crippen LogP contribution in [0, 0.1) is 5.39 Å². The van der Waals surface area contributed by atoms with Crippen LogP contribution in [0.4, 0.5) is 17.3 Å². The van der Waals surface area contributed by atoms with Crippen LogP contribution in [0.1, 0.15) is 5.56 Å². The maximum atomic E-state index is 9.75. The molecule has 0 unspecified atom stereocenters. The molecule has 8 heteroatoms. The van der Waals surface area contributed by atoms with Crippen molar-refractivity contribution in [3.63, 3.8) is 0 Å². The number of ether oxygens (including phenoxy) is 1. The van der Waals surface area contributed by atoms with Crippen molar-refractivity contribution in [2.45, 2.75) is 6.54 Å². The van der Waals surface area contributed by atoms with Crippen LogP contribution in [0.2, 0.25) is 0 Å². The molecule has 0 aliphatic heterocycles. The SMILES string of the molecule is COc1ccc(C[N+]#N)cc1.F[B-](F)(F)F. The van der Waals surface area contributed by atoms with Crippen LogP contribution in [-0.2, 0) is 6.54 Å². The standard InChI is InChI=1S/C8H9N2O.BF4/c1-11-8-4-2-7(3-5-8)6-10-9;2-1(3,4)5/h2-5H,6H2,1H3;/q+1;-1. The van der Waals surface area contributed by atoms with E-state index in [9.17, 15) is 17.3 Å². The second-order valence-corrected chi connectivity index (χ2v) is 2.64. The van der Waals surface area contributed by atoms with Gasteiger partial charge in [-0.2, -0.15) is 0 Å². The molecule has 0 bridgehead atoms. The van der Waals surface area contributed by atoms with E-state index in [-0.39, 0.29) is 0 Å². The summed E-state index contributed by atoms with van der Waals surface area (Å²) >= 11 is 0. The zero-order valence-electron chi connectivity index (χ0n) is 8.41. The van der Waals surface area contributed by atoms with Crippen LogP contribution >= 0.6 is 0 Å². The normalized spacial score (nSPS) is 9.75. The smallest absolute Gasteiger partial charge is 0.497 e. The van der Waals surface area contributed by atoms with Gasteiger partial charge in [0.15, 0.2) is 0 Å². The molecule has 0 heterocycles. The van der Waals surface area contributed by atoms with Gasteiger partial charge in [0.05, 0.1) is 7.11 Å². The molecule has 0 saturated carbocycles. The molecule has 0 atom stereocenters. The van der Waals surface area contributed by atoms with Crippen molar-refractivity contribution in [2.75, 3.05) is 7.11 Å². The largest absolute Gasteiger partial charge is 0.673 e. The summed E-state index contributed by atoms with van der Waals surface area (Å²) in [5.74, 6) is 0.812. The highest BCUT2D eigenvalue weighted by Crippen LogP contribution is 2.11. The Morgan fingerprint density at radius 3 is 1.94 bits per heavy atom. The summed E-state index contributed by atoms with van der Waals surface area (Å²) in [6, 6.07) is 7.39. The molecule has 1 aromatic carbocycles. The zero-order chi connectivity index (χ0) is 12.6. The molecule has 0 amide bonds. The van der Waals surface area contributed by atoms with Gasteiger partial charge in [0.1, 0.15) is 10.7 Å². The molecule has 0 N–H and O–H groups in total. The summed E-state index contributed by atoms with van der Waals surface area (Å²) in [5.41, 5.74) is 0.966. The lowest BCUT2D eigenvalue weighted by atomic mass is 10.2. The van der Waals surface area contributed by atoms with Gasteiger partial charge in [-0.05, 0) is 24.3 Å². The number of nitrogens with zero attached hydrogens (tertiary/aromatic N) is 2. The van der Waals surface area contributed by atoms with Gasteiger partial charge in [-0.1, -0.05) is 0 Å². The Labute approximate surface area is 89.8 Å². The van der Waals surface area contributed by atoms with Crippen molar-refractivity contribution in [1.82, 2.24) is 0 Å². The Hall–Kier alpha value is -1.78. The lowest BCUT2D eigenvalue weighted by Gasteiger charge is -1.96. The van der Waals surface area contributed by atoms with Crippen molar-refractivity contribution >= 4 is 7.25 Å². The maximum absolute atomic E-state index is 9.75. The highest BCUT2D eigenvalue weighted by molar-refractivity contribution is 6.50. The second kappa shape index (κ2) is 6.66. The Morgan fingerprint density at radius 1 is 1.19 bits per heavy atom. The predicted octanol–water partition coefficient (Wildman–Crippen LogP) is 3.35. The summed E-state index contributed by atoms with van der Waals surface area (Å²) in [7, 11) is -4.38. The molecule has 1 rings (SSSR count). The molecule has 1 aromatic rings. The zero-order valence-corrected chi connectivity index (χ0v) is 8.41. The van der Waals surface area contributed by atoms with E-state index >= 15 is 0 Å². The van der Waals surface area contributed by atoms with E-state index in [1.165, 1.54) is 0 Å². The Kier molecular flexibility index (Phi) is 5.92. The van der Waals surface area contributed by atoms with E-state index in [1.807, 2.05) is 24.3 Å². The van der Waals surface area contributed by atoms with Gasteiger partial charge in [0, 0.05) is 5.56 Å². The third-order valence-corrected chi connectivity index (χ3v) is 1.41. The Bertz CT molecular complexity index is 341. The molecule has 0 radical (unpaired) electrons. The quantitative estimate of drug-likeness (QED) is 0.448. The van der Waals surface area contributed by atoms with Crippen molar-refractivity contribution in [2.24, 2.45) is 0 Å². The first kappa shape index (κ1) is 14.2.